The van der Waals surface area contributed by atoms with Crippen LogP contribution in [-0.4, -0.2) is 9.55 Å². The number of imidazole rings is 1. The van der Waals surface area contributed by atoms with Crippen molar-refractivity contribution >= 4 is 11.0 Å². The van der Waals surface area contributed by atoms with Crippen molar-refractivity contribution in [1.82, 2.24) is 9.55 Å². The molecule has 1 aromatic heterocycles. The molecule has 7 rings (SSSR count). The number of nitrogens with zero attached hydrogens (tertiary/aromatic N) is 2. The number of hydrogen-bond donors (Lipinski definition) is 0. The lowest BCUT2D eigenvalue weighted by Gasteiger charge is -2.21. The summed E-state index contributed by atoms with van der Waals surface area (Å²) in [5, 5.41) is 0. The molecule has 3 heteroatoms. The first kappa shape index (κ1) is 18.9. The zero-order valence-electron chi connectivity index (χ0n) is 18.3. The van der Waals surface area contributed by atoms with Gasteiger partial charge in [-0.25, -0.2) is 4.98 Å². The van der Waals surface area contributed by atoms with Crippen molar-refractivity contribution in [2.24, 2.45) is 0 Å². The van der Waals surface area contributed by atoms with Crippen LogP contribution >= 0.6 is 0 Å². The quantitative estimate of drug-likeness (QED) is 0.279. The standard InChI is InChI=1S/C31H20N2O/c1-3-10-21(11-4-1)23-18-24(22-12-5-2-6-13-22)20-25(19-23)31-32-26-14-9-17-29-30(26)33(31)27-15-7-8-16-28(27)34-29/h1-20H. The van der Waals surface area contributed by atoms with Crippen LogP contribution in [-0.2, 0) is 0 Å². The molecule has 1 aliphatic heterocycles. The van der Waals surface area contributed by atoms with Crippen LogP contribution in [0, 0.1) is 0 Å². The van der Waals surface area contributed by atoms with Crippen LogP contribution in [0.25, 0.3) is 50.4 Å². The molecule has 0 fully saturated rings. The Hall–Kier alpha value is -4.63. The fraction of sp³-hybridized carbons (Fsp3) is 0. The number of rotatable bonds is 3. The molecule has 0 spiro atoms. The zero-order chi connectivity index (χ0) is 22.5. The molecular weight excluding hydrogens is 416 g/mol. The third-order valence-electron chi connectivity index (χ3n) is 6.37. The highest BCUT2D eigenvalue weighted by Crippen LogP contribution is 2.44. The summed E-state index contributed by atoms with van der Waals surface area (Å²) in [6.07, 6.45) is 0. The lowest BCUT2D eigenvalue weighted by molar-refractivity contribution is 0.476. The van der Waals surface area contributed by atoms with Gasteiger partial charge in [0.05, 0.1) is 11.2 Å². The molecule has 0 saturated carbocycles. The third kappa shape index (κ3) is 2.95. The molecular formula is C31H20N2O. The van der Waals surface area contributed by atoms with Gasteiger partial charge < -0.3 is 4.74 Å². The molecule has 0 unspecified atom stereocenters. The Labute approximate surface area is 197 Å². The van der Waals surface area contributed by atoms with E-state index in [1.54, 1.807) is 0 Å². The Morgan fingerprint density at radius 3 is 1.79 bits per heavy atom. The number of hydrogen-bond acceptors (Lipinski definition) is 2. The molecule has 0 N–H and O–H groups in total. The molecule has 0 radical (unpaired) electrons. The summed E-state index contributed by atoms with van der Waals surface area (Å²) in [4.78, 5) is 5.11. The minimum absolute atomic E-state index is 0.831. The van der Waals surface area contributed by atoms with Gasteiger partial charge in [-0.15, -0.1) is 0 Å². The van der Waals surface area contributed by atoms with E-state index >= 15 is 0 Å². The third-order valence-corrected chi connectivity index (χ3v) is 6.37. The van der Waals surface area contributed by atoms with Crippen LogP contribution in [0.3, 0.4) is 0 Å². The Balaban J connectivity index is 1.54. The summed E-state index contributed by atoms with van der Waals surface area (Å²) in [6.45, 7) is 0. The normalized spacial score (nSPS) is 11.8. The van der Waals surface area contributed by atoms with E-state index in [1.807, 2.05) is 30.3 Å². The summed E-state index contributed by atoms with van der Waals surface area (Å²) < 4.78 is 8.46. The van der Waals surface area contributed by atoms with Gasteiger partial charge in [-0.1, -0.05) is 78.9 Å². The van der Waals surface area contributed by atoms with E-state index in [1.165, 1.54) is 11.1 Å². The molecule has 0 bridgehead atoms. The average Bonchev–Trinajstić information content (AvgIpc) is 3.31. The fourth-order valence-corrected chi connectivity index (χ4v) is 4.80. The van der Waals surface area contributed by atoms with Crippen LogP contribution in [0.4, 0.5) is 0 Å². The van der Waals surface area contributed by atoms with Crippen molar-refractivity contribution in [3.63, 3.8) is 0 Å². The molecule has 0 aliphatic carbocycles. The van der Waals surface area contributed by atoms with Crippen molar-refractivity contribution in [3.8, 4) is 50.8 Å². The van der Waals surface area contributed by atoms with E-state index < -0.39 is 0 Å². The smallest absolute Gasteiger partial charge is 0.153 e. The second-order valence-corrected chi connectivity index (χ2v) is 8.50. The molecule has 1 aliphatic rings. The molecule has 3 nitrogen and oxygen atoms in total. The van der Waals surface area contributed by atoms with Crippen LogP contribution in [0.15, 0.2) is 121 Å². The van der Waals surface area contributed by atoms with Crippen molar-refractivity contribution in [3.05, 3.63) is 121 Å². The second kappa shape index (κ2) is 7.46. The lowest BCUT2D eigenvalue weighted by Crippen LogP contribution is -2.05. The molecule has 0 atom stereocenters. The van der Waals surface area contributed by atoms with E-state index in [0.717, 1.165) is 50.7 Å². The number of benzene rings is 5. The van der Waals surface area contributed by atoms with Gasteiger partial charge in [-0.3, -0.25) is 4.57 Å². The van der Waals surface area contributed by atoms with Gasteiger partial charge >= 0.3 is 0 Å². The van der Waals surface area contributed by atoms with E-state index in [-0.39, 0.29) is 0 Å². The highest BCUT2D eigenvalue weighted by atomic mass is 16.5. The number of fused-ring (bicyclic) bond motifs is 2. The van der Waals surface area contributed by atoms with Gasteiger partial charge in [-0.05, 0) is 64.7 Å². The van der Waals surface area contributed by atoms with Crippen molar-refractivity contribution in [1.29, 1.82) is 0 Å². The molecule has 0 amide bonds. The van der Waals surface area contributed by atoms with Gasteiger partial charge in [0.2, 0.25) is 0 Å². The topological polar surface area (TPSA) is 27.1 Å². The number of ether oxygens (including phenoxy) is 1. The summed E-state index contributed by atoms with van der Waals surface area (Å²) in [5.41, 5.74) is 8.69. The zero-order valence-corrected chi connectivity index (χ0v) is 18.3. The minimum atomic E-state index is 0.831. The van der Waals surface area contributed by atoms with E-state index in [4.69, 9.17) is 9.72 Å². The van der Waals surface area contributed by atoms with Crippen LogP contribution in [0.5, 0.6) is 11.5 Å². The predicted octanol–water partition coefficient (Wildman–Crippen LogP) is 8.13. The monoisotopic (exact) mass is 436 g/mol. The van der Waals surface area contributed by atoms with Gasteiger partial charge in [0.1, 0.15) is 11.3 Å². The maximum Gasteiger partial charge on any atom is 0.153 e. The van der Waals surface area contributed by atoms with E-state index in [2.05, 4.69) is 95.6 Å². The molecule has 160 valence electrons. The molecule has 2 heterocycles. The van der Waals surface area contributed by atoms with Crippen LogP contribution in [0.1, 0.15) is 0 Å². The molecule has 34 heavy (non-hydrogen) atoms. The highest BCUT2D eigenvalue weighted by molar-refractivity contribution is 5.92. The van der Waals surface area contributed by atoms with Crippen molar-refractivity contribution in [2.45, 2.75) is 0 Å². The molecule has 5 aromatic carbocycles. The maximum absolute atomic E-state index is 6.22. The maximum atomic E-state index is 6.22. The Morgan fingerprint density at radius 2 is 1.09 bits per heavy atom. The first-order chi connectivity index (χ1) is 16.8. The Morgan fingerprint density at radius 1 is 0.500 bits per heavy atom. The van der Waals surface area contributed by atoms with Gasteiger partial charge in [0.25, 0.3) is 0 Å². The van der Waals surface area contributed by atoms with Gasteiger partial charge in [0.15, 0.2) is 11.5 Å². The lowest BCUT2D eigenvalue weighted by atomic mass is 9.96. The summed E-state index contributed by atoms with van der Waals surface area (Å²) in [7, 11) is 0. The number of para-hydroxylation sites is 3. The van der Waals surface area contributed by atoms with E-state index in [0.29, 0.717) is 0 Å². The summed E-state index contributed by atoms with van der Waals surface area (Å²) >= 11 is 0. The summed E-state index contributed by atoms with van der Waals surface area (Å²) in [6, 6.07) is 42.0. The predicted molar refractivity (Wildman–Crippen MR) is 137 cm³/mol. The van der Waals surface area contributed by atoms with Gasteiger partial charge in [-0.2, -0.15) is 0 Å². The first-order valence-electron chi connectivity index (χ1n) is 11.4. The summed E-state index contributed by atoms with van der Waals surface area (Å²) in [5.74, 6) is 2.58. The molecule has 6 aromatic rings. The Kier molecular flexibility index (Phi) is 4.15. The van der Waals surface area contributed by atoms with Crippen molar-refractivity contribution < 1.29 is 4.74 Å². The van der Waals surface area contributed by atoms with Crippen LogP contribution < -0.4 is 4.74 Å². The van der Waals surface area contributed by atoms with Crippen LogP contribution in [0.2, 0.25) is 0 Å². The Bertz CT molecular complexity index is 1610. The highest BCUT2D eigenvalue weighted by Gasteiger charge is 2.25. The SMILES string of the molecule is c1ccc(-c2cc(-c3ccccc3)cc(-c3nc4cccc5c4n3-c3ccccc3O5)c2)cc1. The minimum Gasteiger partial charge on any atom is -0.453 e. The second-order valence-electron chi connectivity index (χ2n) is 8.50. The fourth-order valence-electron chi connectivity index (χ4n) is 4.80. The van der Waals surface area contributed by atoms with Gasteiger partial charge in [0, 0.05) is 5.56 Å². The largest absolute Gasteiger partial charge is 0.453 e. The van der Waals surface area contributed by atoms with E-state index in [9.17, 15) is 0 Å². The van der Waals surface area contributed by atoms with Crippen molar-refractivity contribution in [2.75, 3.05) is 0 Å². The molecule has 0 saturated heterocycles. The first-order valence-corrected chi connectivity index (χ1v) is 11.4. The average molecular weight is 437 g/mol. The number of aromatic nitrogens is 2.